The predicted octanol–water partition coefficient (Wildman–Crippen LogP) is 5.49. The number of hydrogen-bond acceptors (Lipinski definition) is 3. The number of carbonyl (C=O) groups is 3. The Kier molecular flexibility index (Phi) is 7.68. The molecule has 3 aromatic rings. The Morgan fingerprint density at radius 2 is 1.21 bits per heavy atom. The molecule has 3 amide bonds. The summed E-state index contributed by atoms with van der Waals surface area (Å²) < 4.78 is 0. The van der Waals surface area contributed by atoms with Gasteiger partial charge in [-0.3, -0.25) is 4.79 Å². The highest BCUT2D eigenvalue weighted by Crippen LogP contribution is 2.23. The third kappa shape index (κ3) is 6.01. The van der Waals surface area contributed by atoms with Crippen molar-refractivity contribution < 1.29 is 19.5 Å². The summed E-state index contributed by atoms with van der Waals surface area (Å²) in [6.45, 7) is 5.53. The van der Waals surface area contributed by atoms with Gasteiger partial charge in [-0.25, -0.2) is 9.59 Å². The van der Waals surface area contributed by atoms with Crippen LogP contribution >= 0.6 is 0 Å². The molecule has 0 radical (unpaired) electrons. The predicted molar refractivity (Wildman–Crippen MR) is 134 cm³/mol. The lowest BCUT2D eigenvalue weighted by Gasteiger charge is -2.27. The van der Waals surface area contributed by atoms with Crippen molar-refractivity contribution in [3.8, 4) is 11.1 Å². The minimum atomic E-state index is -1.02. The number of nitrogens with zero attached hydrogens (tertiary/aromatic N) is 1. The Morgan fingerprint density at radius 1 is 0.765 bits per heavy atom. The molecule has 3 aromatic carbocycles. The molecular formula is C27H29N3O4. The van der Waals surface area contributed by atoms with Crippen LogP contribution in [-0.2, 0) is 4.79 Å². The van der Waals surface area contributed by atoms with Crippen LogP contribution in [0.5, 0.6) is 0 Å². The van der Waals surface area contributed by atoms with Gasteiger partial charge in [-0.2, -0.15) is 0 Å². The number of carboxylic acid groups (broad SMARTS) is 1. The van der Waals surface area contributed by atoms with Crippen LogP contribution in [0.25, 0.3) is 11.1 Å². The van der Waals surface area contributed by atoms with Gasteiger partial charge in [0.15, 0.2) is 0 Å². The van der Waals surface area contributed by atoms with Crippen LogP contribution in [-0.4, -0.2) is 41.0 Å². The van der Waals surface area contributed by atoms with Gasteiger partial charge < -0.3 is 20.6 Å². The zero-order valence-corrected chi connectivity index (χ0v) is 19.7. The number of amides is 3. The molecule has 0 saturated carbocycles. The first kappa shape index (κ1) is 24.5. The van der Waals surface area contributed by atoms with E-state index < -0.39 is 12.0 Å². The van der Waals surface area contributed by atoms with Gasteiger partial charge in [-0.05, 0) is 60.4 Å². The third-order valence-electron chi connectivity index (χ3n) is 5.54. The number of nitrogens with one attached hydrogen (secondary N) is 2. The standard InChI is InChI=1S/C27H29N3O4/c1-17(2)24(26(32)33)30(4)25(31)21-9-7-19(8-10-21)20-11-15-23(16-12-20)29-27(34)28-22-13-5-18(3)6-14-22/h5-17,24H,1-4H3,(H,32,33)(H2,28,29,34)/t24-/m0/s1. The fourth-order valence-electron chi connectivity index (χ4n) is 3.71. The number of urea groups is 1. The second kappa shape index (κ2) is 10.7. The van der Waals surface area contributed by atoms with Crippen molar-refractivity contribution in [1.82, 2.24) is 4.90 Å². The zero-order valence-electron chi connectivity index (χ0n) is 19.7. The van der Waals surface area contributed by atoms with Gasteiger partial charge in [-0.15, -0.1) is 0 Å². The van der Waals surface area contributed by atoms with Gasteiger partial charge in [0.05, 0.1) is 0 Å². The summed E-state index contributed by atoms with van der Waals surface area (Å²) in [4.78, 5) is 37.8. The largest absolute Gasteiger partial charge is 0.480 e. The number of carboxylic acids is 1. The van der Waals surface area contributed by atoms with Gasteiger partial charge in [-0.1, -0.05) is 55.8 Å². The molecule has 0 heterocycles. The molecule has 7 nitrogen and oxygen atoms in total. The number of benzene rings is 3. The maximum atomic E-state index is 12.8. The van der Waals surface area contributed by atoms with Crippen LogP contribution in [0, 0.1) is 12.8 Å². The van der Waals surface area contributed by atoms with Crippen molar-refractivity contribution in [3.63, 3.8) is 0 Å². The van der Waals surface area contributed by atoms with Crippen molar-refractivity contribution in [3.05, 3.63) is 83.9 Å². The van der Waals surface area contributed by atoms with E-state index in [0.29, 0.717) is 16.9 Å². The third-order valence-corrected chi connectivity index (χ3v) is 5.54. The average Bonchev–Trinajstić information content (AvgIpc) is 2.80. The minimum absolute atomic E-state index is 0.211. The highest BCUT2D eigenvalue weighted by molar-refractivity contribution is 6.00. The molecule has 0 aromatic heterocycles. The number of aliphatic carboxylic acids is 1. The molecule has 0 bridgehead atoms. The molecule has 1 atom stereocenters. The normalized spacial score (nSPS) is 11.6. The summed E-state index contributed by atoms with van der Waals surface area (Å²) in [6, 6.07) is 20.7. The molecule has 0 aliphatic rings. The van der Waals surface area contributed by atoms with E-state index in [1.165, 1.54) is 11.9 Å². The number of anilines is 2. The molecule has 3 N–H and O–H groups in total. The van der Waals surface area contributed by atoms with Gasteiger partial charge in [0.1, 0.15) is 6.04 Å². The lowest BCUT2D eigenvalue weighted by atomic mass is 10.0. The van der Waals surface area contributed by atoms with Crippen molar-refractivity contribution >= 4 is 29.3 Å². The zero-order chi connectivity index (χ0) is 24.8. The second-order valence-corrected chi connectivity index (χ2v) is 8.54. The van der Waals surface area contributed by atoms with Crippen molar-refractivity contribution in [1.29, 1.82) is 0 Å². The van der Waals surface area contributed by atoms with E-state index in [2.05, 4.69) is 10.6 Å². The van der Waals surface area contributed by atoms with Gasteiger partial charge in [0.25, 0.3) is 5.91 Å². The fourth-order valence-corrected chi connectivity index (χ4v) is 3.71. The Morgan fingerprint density at radius 3 is 1.65 bits per heavy atom. The number of likely N-dealkylation sites (N-methyl/N-ethyl adjacent to an activating group) is 1. The second-order valence-electron chi connectivity index (χ2n) is 8.54. The molecule has 7 heteroatoms. The fraction of sp³-hybridized carbons (Fsp3) is 0.222. The molecule has 0 aliphatic carbocycles. The number of aryl methyl sites for hydroxylation is 1. The molecule has 176 valence electrons. The van der Waals surface area contributed by atoms with Crippen LogP contribution in [0.3, 0.4) is 0 Å². The molecule has 34 heavy (non-hydrogen) atoms. The Labute approximate surface area is 199 Å². The molecule has 0 unspecified atom stereocenters. The first-order chi connectivity index (χ1) is 16.2. The van der Waals surface area contributed by atoms with Gasteiger partial charge in [0, 0.05) is 24.0 Å². The maximum absolute atomic E-state index is 12.8. The smallest absolute Gasteiger partial charge is 0.326 e. The molecule has 0 aliphatic heterocycles. The van der Waals surface area contributed by atoms with Crippen LogP contribution < -0.4 is 10.6 Å². The maximum Gasteiger partial charge on any atom is 0.326 e. The summed E-state index contributed by atoms with van der Waals surface area (Å²) in [7, 11) is 1.51. The summed E-state index contributed by atoms with van der Waals surface area (Å²) in [5, 5.41) is 15.0. The molecule has 0 spiro atoms. The average molecular weight is 460 g/mol. The topological polar surface area (TPSA) is 98.7 Å². The van der Waals surface area contributed by atoms with Crippen LogP contribution in [0.15, 0.2) is 72.8 Å². The molecule has 3 rings (SSSR count). The summed E-state index contributed by atoms with van der Waals surface area (Å²) >= 11 is 0. The van der Waals surface area contributed by atoms with Crippen LogP contribution in [0.1, 0.15) is 29.8 Å². The van der Waals surface area contributed by atoms with Crippen LogP contribution in [0.2, 0.25) is 0 Å². The number of carbonyl (C=O) groups excluding carboxylic acids is 2. The summed E-state index contributed by atoms with van der Waals surface area (Å²) in [5.74, 6) is -1.58. The molecular weight excluding hydrogens is 430 g/mol. The Balaban J connectivity index is 1.64. The quantitative estimate of drug-likeness (QED) is 0.435. The Hall–Kier alpha value is -4.13. The summed E-state index contributed by atoms with van der Waals surface area (Å²) in [5.41, 5.74) is 4.71. The lowest BCUT2D eigenvalue weighted by molar-refractivity contribution is -0.143. The van der Waals surface area contributed by atoms with Crippen molar-refractivity contribution in [2.24, 2.45) is 5.92 Å². The van der Waals surface area contributed by atoms with Gasteiger partial charge in [0.2, 0.25) is 0 Å². The molecule has 0 fully saturated rings. The summed E-state index contributed by atoms with van der Waals surface area (Å²) in [6.07, 6.45) is 0. The molecule has 0 saturated heterocycles. The van der Waals surface area contributed by atoms with Gasteiger partial charge >= 0.3 is 12.0 Å². The number of hydrogen-bond donors (Lipinski definition) is 3. The van der Waals surface area contributed by atoms with E-state index >= 15 is 0 Å². The van der Waals surface area contributed by atoms with E-state index in [1.54, 1.807) is 38.1 Å². The lowest BCUT2D eigenvalue weighted by Crippen LogP contribution is -2.45. The van der Waals surface area contributed by atoms with E-state index in [1.807, 2.05) is 55.5 Å². The van der Waals surface area contributed by atoms with E-state index in [4.69, 9.17) is 0 Å². The SMILES string of the molecule is Cc1ccc(NC(=O)Nc2ccc(-c3ccc(C(=O)N(C)[C@H](C(=O)O)C(C)C)cc3)cc2)cc1. The first-order valence-electron chi connectivity index (χ1n) is 11.0. The first-order valence-corrected chi connectivity index (χ1v) is 11.0. The highest BCUT2D eigenvalue weighted by Gasteiger charge is 2.29. The number of rotatable bonds is 7. The highest BCUT2D eigenvalue weighted by atomic mass is 16.4. The van der Waals surface area contributed by atoms with Crippen molar-refractivity contribution in [2.45, 2.75) is 26.8 Å². The van der Waals surface area contributed by atoms with E-state index in [-0.39, 0.29) is 17.9 Å². The monoisotopic (exact) mass is 459 g/mol. The van der Waals surface area contributed by atoms with Crippen LogP contribution in [0.4, 0.5) is 16.2 Å². The Bertz CT molecular complexity index is 1150. The van der Waals surface area contributed by atoms with E-state index in [9.17, 15) is 19.5 Å². The van der Waals surface area contributed by atoms with Crippen molar-refractivity contribution in [2.75, 3.05) is 17.7 Å². The minimum Gasteiger partial charge on any atom is -0.480 e. The van der Waals surface area contributed by atoms with E-state index in [0.717, 1.165) is 16.7 Å².